The van der Waals surface area contributed by atoms with Crippen LogP contribution in [0.15, 0.2) is 24.3 Å². The number of carboxylic acid groups (broad SMARTS) is 1. The highest BCUT2D eigenvalue weighted by molar-refractivity contribution is 5.87. The summed E-state index contributed by atoms with van der Waals surface area (Å²) in [5.74, 6) is -0.176. The van der Waals surface area contributed by atoms with Gasteiger partial charge in [-0.1, -0.05) is 0 Å². The van der Waals surface area contributed by atoms with Gasteiger partial charge >= 0.3 is 5.97 Å². The first kappa shape index (κ1) is 11.0. The van der Waals surface area contributed by atoms with Crippen LogP contribution in [-0.2, 0) is 0 Å². The van der Waals surface area contributed by atoms with E-state index in [9.17, 15) is 4.79 Å². The third-order valence-electron chi connectivity index (χ3n) is 2.66. The Morgan fingerprint density at radius 3 is 2.69 bits per heavy atom. The number of benzene rings is 1. The molecule has 0 radical (unpaired) electrons. The van der Waals surface area contributed by atoms with Crippen molar-refractivity contribution in [1.82, 2.24) is 5.32 Å². The average Bonchev–Trinajstić information content (AvgIpc) is 2.31. The van der Waals surface area contributed by atoms with Crippen molar-refractivity contribution in [1.29, 1.82) is 0 Å². The number of ether oxygens (including phenoxy) is 1. The fraction of sp³-hybridized carbons (Fsp3) is 0.417. The van der Waals surface area contributed by atoms with Crippen molar-refractivity contribution in [2.24, 2.45) is 0 Å². The Kier molecular flexibility index (Phi) is 3.41. The summed E-state index contributed by atoms with van der Waals surface area (Å²) < 4.78 is 5.73. The molecule has 1 fully saturated rings. The predicted octanol–water partition coefficient (Wildman–Crippen LogP) is 1.52. The number of carboxylic acids is 1. The average molecular weight is 221 g/mol. The highest BCUT2D eigenvalue weighted by Crippen LogP contribution is 2.16. The van der Waals surface area contributed by atoms with Crippen molar-refractivity contribution in [2.75, 3.05) is 13.1 Å². The third kappa shape index (κ3) is 2.73. The van der Waals surface area contributed by atoms with Crippen molar-refractivity contribution in [3.8, 4) is 5.75 Å². The van der Waals surface area contributed by atoms with E-state index in [2.05, 4.69) is 5.32 Å². The van der Waals surface area contributed by atoms with Crippen LogP contribution in [0.25, 0.3) is 0 Å². The summed E-state index contributed by atoms with van der Waals surface area (Å²) in [5, 5.41) is 12.0. The normalized spacial score (nSPS) is 20.4. The van der Waals surface area contributed by atoms with E-state index in [1.165, 1.54) is 0 Å². The maximum Gasteiger partial charge on any atom is 0.335 e. The standard InChI is InChI=1S/C12H15NO3/c14-12(15)9-3-5-10(6-4-9)16-11-2-1-7-13-8-11/h3-6,11,13H,1-2,7-8H2,(H,14,15). The number of hydrogen-bond donors (Lipinski definition) is 2. The number of rotatable bonds is 3. The minimum Gasteiger partial charge on any atom is -0.489 e. The third-order valence-corrected chi connectivity index (χ3v) is 2.66. The summed E-state index contributed by atoms with van der Waals surface area (Å²) in [4.78, 5) is 10.7. The van der Waals surface area contributed by atoms with Crippen molar-refractivity contribution in [2.45, 2.75) is 18.9 Å². The Bertz CT molecular complexity index is 355. The lowest BCUT2D eigenvalue weighted by Crippen LogP contribution is -2.37. The summed E-state index contributed by atoms with van der Waals surface area (Å²) in [7, 11) is 0. The smallest absolute Gasteiger partial charge is 0.335 e. The van der Waals surface area contributed by atoms with Gasteiger partial charge in [-0.3, -0.25) is 0 Å². The quantitative estimate of drug-likeness (QED) is 0.812. The first-order chi connectivity index (χ1) is 7.75. The summed E-state index contributed by atoms with van der Waals surface area (Å²) in [6, 6.07) is 6.54. The minimum absolute atomic E-state index is 0.199. The van der Waals surface area contributed by atoms with E-state index in [4.69, 9.17) is 9.84 Å². The van der Waals surface area contributed by atoms with Crippen molar-refractivity contribution < 1.29 is 14.6 Å². The van der Waals surface area contributed by atoms with Crippen LogP contribution in [0.4, 0.5) is 0 Å². The van der Waals surface area contributed by atoms with E-state index in [-0.39, 0.29) is 11.7 Å². The lowest BCUT2D eigenvalue weighted by atomic mass is 10.1. The van der Waals surface area contributed by atoms with Crippen molar-refractivity contribution >= 4 is 5.97 Å². The maximum atomic E-state index is 10.7. The molecule has 0 aromatic heterocycles. The number of nitrogens with one attached hydrogen (secondary N) is 1. The van der Waals surface area contributed by atoms with Gasteiger partial charge < -0.3 is 15.2 Å². The number of carbonyl (C=O) groups is 1. The maximum absolute atomic E-state index is 10.7. The second-order valence-corrected chi connectivity index (χ2v) is 3.92. The molecule has 1 aliphatic heterocycles. The van der Waals surface area contributed by atoms with E-state index >= 15 is 0 Å². The monoisotopic (exact) mass is 221 g/mol. The van der Waals surface area contributed by atoms with Gasteiger partial charge in [-0.15, -0.1) is 0 Å². The molecule has 1 atom stereocenters. The van der Waals surface area contributed by atoms with E-state index in [1.807, 2.05) is 0 Å². The van der Waals surface area contributed by atoms with Crippen LogP contribution >= 0.6 is 0 Å². The van der Waals surface area contributed by atoms with Crippen LogP contribution in [-0.4, -0.2) is 30.3 Å². The van der Waals surface area contributed by atoms with E-state index in [0.29, 0.717) is 0 Å². The van der Waals surface area contributed by atoms with E-state index in [0.717, 1.165) is 31.7 Å². The van der Waals surface area contributed by atoms with Crippen LogP contribution < -0.4 is 10.1 Å². The lowest BCUT2D eigenvalue weighted by molar-refractivity contribution is 0.0697. The molecule has 0 bridgehead atoms. The number of hydrogen-bond acceptors (Lipinski definition) is 3. The van der Waals surface area contributed by atoms with Gasteiger partial charge in [0.25, 0.3) is 0 Å². The summed E-state index contributed by atoms with van der Waals surface area (Å²) in [5.41, 5.74) is 0.286. The molecular formula is C12H15NO3. The molecule has 1 unspecified atom stereocenters. The number of aromatic carboxylic acids is 1. The molecule has 2 N–H and O–H groups in total. The van der Waals surface area contributed by atoms with Gasteiger partial charge in [0.1, 0.15) is 11.9 Å². The summed E-state index contributed by atoms with van der Waals surface area (Å²) in [6.45, 7) is 1.92. The lowest BCUT2D eigenvalue weighted by Gasteiger charge is -2.23. The first-order valence-corrected chi connectivity index (χ1v) is 5.46. The van der Waals surface area contributed by atoms with Gasteiger partial charge in [-0.05, 0) is 43.7 Å². The molecule has 4 heteroatoms. The zero-order chi connectivity index (χ0) is 11.4. The van der Waals surface area contributed by atoms with Gasteiger partial charge in [0.15, 0.2) is 0 Å². The molecule has 1 heterocycles. The second-order valence-electron chi connectivity index (χ2n) is 3.92. The molecule has 4 nitrogen and oxygen atoms in total. The van der Waals surface area contributed by atoms with Crippen LogP contribution in [0.5, 0.6) is 5.75 Å². The van der Waals surface area contributed by atoms with Gasteiger partial charge in [0.2, 0.25) is 0 Å². The van der Waals surface area contributed by atoms with Crippen LogP contribution in [0.1, 0.15) is 23.2 Å². The molecule has 16 heavy (non-hydrogen) atoms. The Morgan fingerprint density at radius 2 is 2.12 bits per heavy atom. The van der Waals surface area contributed by atoms with E-state index < -0.39 is 5.97 Å². The van der Waals surface area contributed by atoms with Crippen LogP contribution in [0.3, 0.4) is 0 Å². The highest BCUT2D eigenvalue weighted by Gasteiger charge is 2.14. The predicted molar refractivity (Wildman–Crippen MR) is 59.9 cm³/mol. The molecule has 0 amide bonds. The summed E-state index contributed by atoms with van der Waals surface area (Å²) >= 11 is 0. The molecule has 1 aromatic carbocycles. The first-order valence-electron chi connectivity index (χ1n) is 5.46. The van der Waals surface area contributed by atoms with Crippen molar-refractivity contribution in [3.63, 3.8) is 0 Å². The highest BCUT2D eigenvalue weighted by atomic mass is 16.5. The molecule has 1 aromatic rings. The van der Waals surface area contributed by atoms with Gasteiger partial charge in [0.05, 0.1) is 5.56 Å². The fourth-order valence-electron chi connectivity index (χ4n) is 1.79. The molecule has 1 saturated heterocycles. The Morgan fingerprint density at radius 1 is 1.38 bits per heavy atom. The van der Waals surface area contributed by atoms with Gasteiger partial charge in [-0.25, -0.2) is 4.79 Å². The van der Waals surface area contributed by atoms with Gasteiger partial charge in [-0.2, -0.15) is 0 Å². The van der Waals surface area contributed by atoms with Crippen LogP contribution in [0, 0.1) is 0 Å². The van der Waals surface area contributed by atoms with Crippen molar-refractivity contribution in [3.05, 3.63) is 29.8 Å². The summed E-state index contributed by atoms with van der Waals surface area (Å²) in [6.07, 6.45) is 2.37. The molecule has 0 saturated carbocycles. The van der Waals surface area contributed by atoms with Gasteiger partial charge in [0, 0.05) is 6.54 Å². The molecule has 0 aliphatic carbocycles. The fourth-order valence-corrected chi connectivity index (χ4v) is 1.79. The largest absolute Gasteiger partial charge is 0.489 e. The second kappa shape index (κ2) is 4.99. The minimum atomic E-state index is -0.911. The zero-order valence-electron chi connectivity index (χ0n) is 8.98. The Balaban J connectivity index is 1.96. The molecule has 2 rings (SSSR count). The molecule has 86 valence electrons. The van der Waals surface area contributed by atoms with E-state index in [1.54, 1.807) is 24.3 Å². The zero-order valence-corrected chi connectivity index (χ0v) is 8.98. The Hall–Kier alpha value is -1.55. The SMILES string of the molecule is O=C(O)c1ccc(OC2CCCNC2)cc1. The van der Waals surface area contributed by atoms with Crippen LogP contribution in [0.2, 0.25) is 0 Å². The topological polar surface area (TPSA) is 58.6 Å². The molecular weight excluding hydrogens is 206 g/mol. The number of piperidine rings is 1. The molecule has 0 spiro atoms. The molecule has 1 aliphatic rings. The Labute approximate surface area is 94.2 Å².